The van der Waals surface area contributed by atoms with Gasteiger partial charge in [0.2, 0.25) is 0 Å². The summed E-state index contributed by atoms with van der Waals surface area (Å²) in [5.41, 5.74) is 3.90. The molecule has 3 heteroatoms. The summed E-state index contributed by atoms with van der Waals surface area (Å²) >= 11 is 0. The number of ether oxygens (including phenoxy) is 2. The lowest BCUT2D eigenvalue weighted by molar-refractivity contribution is 0.171. The number of aryl methyl sites for hydroxylation is 1. The molecule has 2 aromatic carbocycles. The highest BCUT2D eigenvalue weighted by molar-refractivity contribution is 5.43. The van der Waals surface area contributed by atoms with E-state index in [1.807, 2.05) is 6.07 Å². The summed E-state index contributed by atoms with van der Waals surface area (Å²) in [5, 5.41) is 3.57. The summed E-state index contributed by atoms with van der Waals surface area (Å²) in [7, 11) is 0. The van der Waals surface area contributed by atoms with Crippen molar-refractivity contribution in [3.05, 3.63) is 59.2 Å². The fourth-order valence-electron chi connectivity index (χ4n) is 2.65. The van der Waals surface area contributed by atoms with Crippen molar-refractivity contribution in [3.63, 3.8) is 0 Å². The predicted octanol–water partition coefficient (Wildman–Crippen LogP) is 3.66. The van der Waals surface area contributed by atoms with Crippen LogP contribution in [0.4, 0.5) is 0 Å². The van der Waals surface area contributed by atoms with E-state index in [4.69, 9.17) is 9.47 Å². The van der Waals surface area contributed by atoms with Crippen LogP contribution in [0.2, 0.25) is 0 Å². The lowest BCUT2D eigenvalue weighted by Crippen LogP contribution is -2.21. The minimum atomic E-state index is 0.359. The molecule has 1 atom stereocenters. The largest absolute Gasteiger partial charge is 0.486 e. The van der Waals surface area contributed by atoms with Crippen molar-refractivity contribution in [2.75, 3.05) is 19.8 Å². The van der Waals surface area contributed by atoms with Crippen LogP contribution in [0, 0.1) is 6.92 Å². The summed E-state index contributed by atoms with van der Waals surface area (Å²) in [6.07, 6.45) is 0.979. The van der Waals surface area contributed by atoms with Crippen LogP contribution in [0.1, 0.15) is 29.7 Å². The average molecular weight is 297 g/mol. The van der Waals surface area contributed by atoms with Crippen LogP contribution < -0.4 is 14.8 Å². The third kappa shape index (κ3) is 3.60. The quantitative estimate of drug-likeness (QED) is 0.913. The van der Waals surface area contributed by atoms with Crippen LogP contribution in [0.3, 0.4) is 0 Å². The molecule has 116 valence electrons. The maximum absolute atomic E-state index is 5.63. The van der Waals surface area contributed by atoms with E-state index in [0.29, 0.717) is 19.3 Å². The molecule has 0 aromatic heterocycles. The fourth-order valence-corrected chi connectivity index (χ4v) is 2.65. The summed E-state index contributed by atoms with van der Waals surface area (Å²) in [5.74, 6) is 1.73. The minimum absolute atomic E-state index is 0.359. The zero-order valence-electron chi connectivity index (χ0n) is 13.3. The topological polar surface area (TPSA) is 30.5 Å². The first kappa shape index (κ1) is 14.9. The van der Waals surface area contributed by atoms with Gasteiger partial charge < -0.3 is 14.8 Å². The summed E-state index contributed by atoms with van der Waals surface area (Å²) < 4.78 is 11.2. The van der Waals surface area contributed by atoms with Gasteiger partial charge >= 0.3 is 0 Å². The monoisotopic (exact) mass is 297 g/mol. The smallest absolute Gasteiger partial charge is 0.161 e. The molecule has 1 heterocycles. The molecule has 0 saturated carbocycles. The molecule has 3 rings (SSSR count). The standard InChI is InChI=1S/C19H23NO2/c1-14-3-6-17(7-4-14)15(2)20-10-9-16-5-8-18-19(13-16)22-12-11-21-18/h3-8,13,15,20H,9-12H2,1-2H3. The van der Waals surface area contributed by atoms with Crippen molar-refractivity contribution in [1.82, 2.24) is 5.32 Å². The van der Waals surface area contributed by atoms with Crippen LogP contribution >= 0.6 is 0 Å². The number of benzene rings is 2. The molecule has 22 heavy (non-hydrogen) atoms. The highest BCUT2D eigenvalue weighted by Crippen LogP contribution is 2.30. The molecule has 0 saturated heterocycles. The third-order valence-electron chi connectivity index (χ3n) is 4.05. The zero-order chi connectivity index (χ0) is 15.4. The summed E-state index contributed by atoms with van der Waals surface area (Å²) in [6.45, 7) is 6.54. The molecule has 0 bridgehead atoms. The van der Waals surface area contributed by atoms with Crippen molar-refractivity contribution in [2.45, 2.75) is 26.3 Å². The molecule has 0 spiro atoms. The minimum Gasteiger partial charge on any atom is -0.486 e. The van der Waals surface area contributed by atoms with E-state index in [1.165, 1.54) is 16.7 Å². The zero-order valence-corrected chi connectivity index (χ0v) is 13.3. The van der Waals surface area contributed by atoms with Crippen molar-refractivity contribution >= 4 is 0 Å². The van der Waals surface area contributed by atoms with E-state index in [1.54, 1.807) is 0 Å². The Balaban J connectivity index is 1.53. The van der Waals surface area contributed by atoms with Gasteiger partial charge in [-0.25, -0.2) is 0 Å². The van der Waals surface area contributed by atoms with Gasteiger partial charge in [0.05, 0.1) is 0 Å². The highest BCUT2D eigenvalue weighted by Gasteiger charge is 2.11. The van der Waals surface area contributed by atoms with Crippen LogP contribution in [0.5, 0.6) is 11.5 Å². The van der Waals surface area contributed by atoms with Gasteiger partial charge in [0.15, 0.2) is 11.5 Å². The predicted molar refractivity (Wildman–Crippen MR) is 88.7 cm³/mol. The lowest BCUT2D eigenvalue weighted by atomic mass is 10.1. The Kier molecular flexibility index (Phi) is 4.64. The maximum Gasteiger partial charge on any atom is 0.161 e. The SMILES string of the molecule is Cc1ccc(C(C)NCCc2ccc3c(c2)OCCO3)cc1. The molecular formula is C19H23NO2. The molecule has 1 unspecified atom stereocenters. The molecule has 0 radical (unpaired) electrons. The second-order valence-corrected chi connectivity index (χ2v) is 5.81. The van der Waals surface area contributed by atoms with Crippen LogP contribution in [-0.2, 0) is 6.42 Å². The second-order valence-electron chi connectivity index (χ2n) is 5.81. The molecule has 0 amide bonds. The van der Waals surface area contributed by atoms with Crippen molar-refractivity contribution in [1.29, 1.82) is 0 Å². The van der Waals surface area contributed by atoms with E-state index in [9.17, 15) is 0 Å². The molecule has 1 N–H and O–H groups in total. The Morgan fingerprint density at radius 3 is 2.50 bits per heavy atom. The van der Waals surface area contributed by atoms with Gasteiger partial charge in [-0.05, 0) is 50.1 Å². The van der Waals surface area contributed by atoms with Crippen LogP contribution in [-0.4, -0.2) is 19.8 Å². The Hall–Kier alpha value is -2.00. The highest BCUT2D eigenvalue weighted by atomic mass is 16.6. The molecule has 2 aromatic rings. The first-order valence-electron chi connectivity index (χ1n) is 7.91. The molecule has 0 aliphatic carbocycles. The number of rotatable bonds is 5. The van der Waals surface area contributed by atoms with Crippen molar-refractivity contribution in [3.8, 4) is 11.5 Å². The van der Waals surface area contributed by atoms with E-state index in [-0.39, 0.29) is 0 Å². The van der Waals surface area contributed by atoms with Gasteiger partial charge in [0.1, 0.15) is 13.2 Å². The number of nitrogens with one attached hydrogen (secondary N) is 1. The number of hydrogen-bond donors (Lipinski definition) is 1. The van der Waals surface area contributed by atoms with Gasteiger partial charge in [-0.15, -0.1) is 0 Å². The van der Waals surface area contributed by atoms with Gasteiger partial charge in [-0.1, -0.05) is 35.9 Å². The number of hydrogen-bond acceptors (Lipinski definition) is 3. The Labute approximate surface area is 132 Å². The van der Waals surface area contributed by atoms with Crippen molar-refractivity contribution in [2.24, 2.45) is 0 Å². The third-order valence-corrected chi connectivity index (χ3v) is 4.05. The summed E-state index contributed by atoms with van der Waals surface area (Å²) in [4.78, 5) is 0. The lowest BCUT2D eigenvalue weighted by Gasteiger charge is -2.19. The van der Waals surface area contributed by atoms with Gasteiger partial charge in [-0.2, -0.15) is 0 Å². The molecule has 1 aliphatic rings. The van der Waals surface area contributed by atoms with Crippen LogP contribution in [0.25, 0.3) is 0 Å². The maximum atomic E-state index is 5.63. The molecule has 3 nitrogen and oxygen atoms in total. The van der Waals surface area contributed by atoms with E-state index in [2.05, 4.69) is 55.6 Å². The second kappa shape index (κ2) is 6.84. The van der Waals surface area contributed by atoms with Gasteiger partial charge in [-0.3, -0.25) is 0 Å². The molecule has 1 aliphatic heterocycles. The first-order chi connectivity index (χ1) is 10.7. The Morgan fingerprint density at radius 2 is 1.73 bits per heavy atom. The normalized spacial score (nSPS) is 14.6. The molecule has 0 fully saturated rings. The number of fused-ring (bicyclic) bond motifs is 1. The Bertz CT molecular complexity index is 622. The van der Waals surface area contributed by atoms with Gasteiger partial charge in [0, 0.05) is 6.04 Å². The average Bonchev–Trinajstić information content (AvgIpc) is 2.55. The van der Waals surface area contributed by atoms with E-state index < -0.39 is 0 Å². The van der Waals surface area contributed by atoms with Crippen LogP contribution in [0.15, 0.2) is 42.5 Å². The molecular weight excluding hydrogens is 274 g/mol. The van der Waals surface area contributed by atoms with E-state index in [0.717, 1.165) is 24.5 Å². The van der Waals surface area contributed by atoms with E-state index >= 15 is 0 Å². The van der Waals surface area contributed by atoms with Gasteiger partial charge in [0.25, 0.3) is 0 Å². The first-order valence-corrected chi connectivity index (χ1v) is 7.91. The Morgan fingerprint density at radius 1 is 1.00 bits per heavy atom. The fraction of sp³-hybridized carbons (Fsp3) is 0.368. The van der Waals surface area contributed by atoms with Crippen molar-refractivity contribution < 1.29 is 9.47 Å². The summed E-state index contributed by atoms with van der Waals surface area (Å²) in [6, 6.07) is 15.3.